The number of ether oxygens (including phenoxy) is 1. The Labute approximate surface area is 101 Å². The predicted molar refractivity (Wildman–Crippen MR) is 60.7 cm³/mol. The van der Waals surface area contributed by atoms with E-state index in [9.17, 15) is 9.90 Å². The van der Waals surface area contributed by atoms with Gasteiger partial charge in [0.15, 0.2) is 11.2 Å². The summed E-state index contributed by atoms with van der Waals surface area (Å²) >= 11 is 0. The molecule has 7 heteroatoms. The number of nitrogens with zero attached hydrogens (tertiary/aromatic N) is 3. The summed E-state index contributed by atoms with van der Waals surface area (Å²) in [7, 11) is 0. The molecule has 1 aliphatic heterocycles. The van der Waals surface area contributed by atoms with E-state index >= 15 is 0 Å². The first-order valence-electron chi connectivity index (χ1n) is 5.96. The van der Waals surface area contributed by atoms with Crippen molar-refractivity contribution in [2.45, 2.75) is 18.8 Å². The molecule has 0 bridgehead atoms. The SMILES string of the molecule is O=c1[nH]cnc2c1ncn2[C@H]1O[C@@H](CO)[C@H]2C[C@H]21. The zero-order valence-corrected chi connectivity index (χ0v) is 9.48. The number of imidazole rings is 1. The minimum absolute atomic E-state index is 0.0400. The summed E-state index contributed by atoms with van der Waals surface area (Å²) < 4.78 is 7.58. The van der Waals surface area contributed by atoms with Gasteiger partial charge in [-0.1, -0.05) is 0 Å². The third-order valence-electron chi connectivity index (χ3n) is 3.87. The summed E-state index contributed by atoms with van der Waals surface area (Å²) in [4.78, 5) is 22.3. The molecule has 7 nitrogen and oxygen atoms in total. The number of rotatable bonds is 2. The van der Waals surface area contributed by atoms with Gasteiger partial charge in [0.2, 0.25) is 0 Å². The number of fused-ring (bicyclic) bond motifs is 2. The second-order valence-corrected chi connectivity index (χ2v) is 4.87. The maximum atomic E-state index is 11.6. The van der Waals surface area contributed by atoms with Crippen molar-refractivity contribution in [3.8, 4) is 0 Å². The van der Waals surface area contributed by atoms with E-state index in [1.54, 1.807) is 10.9 Å². The number of H-pyrrole nitrogens is 1. The van der Waals surface area contributed by atoms with Gasteiger partial charge < -0.3 is 14.8 Å². The van der Waals surface area contributed by atoms with E-state index in [2.05, 4.69) is 15.0 Å². The quantitative estimate of drug-likeness (QED) is 0.757. The summed E-state index contributed by atoms with van der Waals surface area (Å²) in [6.45, 7) is 0.0400. The van der Waals surface area contributed by atoms with Crippen LogP contribution in [0.25, 0.3) is 11.2 Å². The standard InChI is InChI=1S/C11H12N4O3/c16-2-7-5-1-6(5)11(18-7)15-4-14-8-9(15)12-3-13-10(8)17/h3-7,11,16H,1-2H2,(H,12,13,17)/t5-,6+,7-,11-/m0/s1. The van der Waals surface area contributed by atoms with Crippen molar-refractivity contribution in [1.29, 1.82) is 0 Å². The molecule has 0 radical (unpaired) electrons. The second kappa shape index (κ2) is 3.39. The van der Waals surface area contributed by atoms with Gasteiger partial charge in [-0.2, -0.15) is 0 Å². The zero-order valence-electron chi connectivity index (χ0n) is 9.48. The van der Waals surface area contributed by atoms with Crippen molar-refractivity contribution >= 4 is 11.2 Å². The Kier molecular flexibility index (Phi) is 1.93. The Hall–Kier alpha value is -1.73. The Balaban J connectivity index is 1.80. The average Bonchev–Trinajstić information content (AvgIpc) is 2.91. The maximum absolute atomic E-state index is 11.6. The Morgan fingerprint density at radius 2 is 2.39 bits per heavy atom. The third kappa shape index (κ3) is 1.23. The molecule has 1 aliphatic carbocycles. The normalized spacial score (nSPS) is 33.8. The van der Waals surface area contributed by atoms with E-state index < -0.39 is 0 Å². The largest absolute Gasteiger partial charge is 0.394 e. The molecule has 94 valence electrons. The van der Waals surface area contributed by atoms with Gasteiger partial charge in [0.1, 0.15) is 6.23 Å². The highest BCUT2D eigenvalue weighted by atomic mass is 16.5. The Morgan fingerprint density at radius 1 is 1.50 bits per heavy atom. The van der Waals surface area contributed by atoms with Gasteiger partial charge in [-0.15, -0.1) is 0 Å². The molecule has 0 unspecified atom stereocenters. The number of aromatic nitrogens is 4. The summed E-state index contributed by atoms with van der Waals surface area (Å²) in [5.41, 5.74) is 0.613. The number of aliphatic hydroxyl groups excluding tert-OH is 1. The number of nitrogens with one attached hydrogen (secondary N) is 1. The molecule has 4 rings (SSSR count). The van der Waals surface area contributed by atoms with Crippen LogP contribution in [0.4, 0.5) is 0 Å². The van der Waals surface area contributed by atoms with E-state index in [1.165, 1.54) is 6.33 Å². The molecule has 1 saturated carbocycles. The number of aromatic amines is 1. The molecule has 18 heavy (non-hydrogen) atoms. The van der Waals surface area contributed by atoms with Crippen LogP contribution >= 0.6 is 0 Å². The summed E-state index contributed by atoms with van der Waals surface area (Å²) in [5, 5.41) is 9.22. The lowest BCUT2D eigenvalue weighted by atomic mass is 10.2. The molecule has 0 spiro atoms. The molecular weight excluding hydrogens is 236 g/mol. The van der Waals surface area contributed by atoms with Crippen molar-refractivity contribution < 1.29 is 9.84 Å². The van der Waals surface area contributed by atoms with Crippen molar-refractivity contribution in [3.63, 3.8) is 0 Å². The highest BCUT2D eigenvalue weighted by molar-refractivity contribution is 5.68. The molecule has 2 N–H and O–H groups in total. The monoisotopic (exact) mass is 248 g/mol. The number of hydrogen-bond acceptors (Lipinski definition) is 5. The lowest BCUT2D eigenvalue weighted by molar-refractivity contribution is -0.0479. The highest BCUT2D eigenvalue weighted by Crippen LogP contribution is 2.56. The van der Waals surface area contributed by atoms with Crippen molar-refractivity contribution in [2.75, 3.05) is 6.61 Å². The minimum atomic E-state index is -0.247. The average molecular weight is 248 g/mol. The predicted octanol–water partition coefficient (Wildman–Crippen LogP) is -0.355. The molecule has 2 aromatic heterocycles. The molecule has 0 amide bonds. The van der Waals surface area contributed by atoms with Gasteiger partial charge in [-0.05, 0) is 12.3 Å². The molecule has 2 aliphatic rings. The van der Waals surface area contributed by atoms with E-state index in [1.807, 2.05) is 0 Å². The first-order valence-corrected chi connectivity index (χ1v) is 5.96. The third-order valence-corrected chi connectivity index (χ3v) is 3.87. The topological polar surface area (TPSA) is 93.0 Å². The van der Waals surface area contributed by atoms with Gasteiger partial charge in [0.05, 0.1) is 25.4 Å². The molecule has 1 saturated heterocycles. The molecule has 3 heterocycles. The number of hydrogen-bond donors (Lipinski definition) is 2. The zero-order chi connectivity index (χ0) is 12.3. The fourth-order valence-corrected chi connectivity index (χ4v) is 2.87. The van der Waals surface area contributed by atoms with Gasteiger partial charge in [-0.25, -0.2) is 9.97 Å². The first kappa shape index (κ1) is 10.2. The van der Waals surface area contributed by atoms with Gasteiger partial charge >= 0.3 is 0 Å². The van der Waals surface area contributed by atoms with Gasteiger partial charge in [-0.3, -0.25) is 9.36 Å². The lowest BCUT2D eigenvalue weighted by Gasteiger charge is -2.17. The molecule has 0 aromatic carbocycles. The van der Waals surface area contributed by atoms with E-state index in [4.69, 9.17) is 4.74 Å². The van der Waals surface area contributed by atoms with Crippen molar-refractivity contribution in [3.05, 3.63) is 23.0 Å². The smallest absolute Gasteiger partial charge is 0.278 e. The van der Waals surface area contributed by atoms with Gasteiger partial charge in [0, 0.05) is 5.92 Å². The lowest BCUT2D eigenvalue weighted by Crippen LogP contribution is -2.19. The number of aliphatic hydroxyl groups is 1. The van der Waals surface area contributed by atoms with Crippen LogP contribution in [-0.2, 0) is 4.74 Å². The van der Waals surface area contributed by atoms with Crippen LogP contribution in [0.5, 0.6) is 0 Å². The summed E-state index contributed by atoms with van der Waals surface area (Å²) in [6, 6.07) is 0. The van der Waals surface area contributed by atoms with Gasteiger partial charge in [0.25, 0.3) is 5.56 Å². The molecule has 4 atom stereocenters. The van der Waals surface area contributed by atoms with Crippen LogP contribution in [0, 0.1) is 11.8 Å². The molecule has 2 aromatic rings. The van der Waals surface area contributed by atoms with Crippen LogP contribution in [0.1, 0.15) is 12.6 Å². The van der Waals surface area contributed by atoms with E-state index in [-0.39, 0.29) is 24.5 Å². The van der Waals surface area contributed by atoms with E-state index in [0.717, 1.165) is 6.42 Å². The fourth-order valence-electron chi connectivity index (χ4n) is 2.87. The Morgan fingerprint density at radius 3 is 3.17 bits per heavy atom. The van der Waals surface area contributed by atoms with Crippen molar-refractivity contribution in [2.24, 2.45) is 11.8 Å². The summed E-state index contributed by atoms with van der Waals surface area (Å²) in [5.74, 6) is 0.833. The maximum Gasteiger partial charge on any atom is 0.278 e. The molecule has 2 fully saturated rings. The highest BCUT2D eigenvalue weighted by Gasteiger charge is 2.56. The minimum Gasteiger partial charge on any atom is -0.394 e. The Bertz CT molecular complexity index is 664. The fraction of sp³-hybridized carbons (Fsp3) is 0.545. The van der Waals surface area contributed by atoms with Crippen LogP contribution in [0.15, 0.2) is 17.4 Å². The molecular formula is C11H12N4O3. The first-order chi connectivity index (χ1) is 8.79. The van der Waals surface area contributed by atoms with Crippen LogP contribution in [0.3, 0.4) is 0 Å². The van der Waals surface area contributed by atoms with Crippen LogP contribution < -0.4 is 5.56 Å². The summed E-state index contributed by atoms with van der Waals surface area (Å²) in [6.07, 6.45) is 3.75. The second-order valence-electron chi connectivity index (χ2n) is 4.87. The van der Waals surface area contributed by atoms with Crippen LogP contribution in [-0.4, -0.2) is 37.3 Å². The van der Waals surface area contributed by atoms with Crippen molar-refractivity contribution in [1.82, 2.24) is 19.5 Å². The van der Waals surface area contributed by atoms with E-state index in [0.29, 0.717) is 23.0 Å². The van der Waals surface area contributed by atoms with Crippen LogP contribution in [0.2, 0.25) is 0 Å².